The van der Waals surface area contributed by atoms with E-state index < -0.39 is 0 Å². The number of nitrogens with one attached hydrogen (secondary N) is 1. The third kappa shape index (κ3) is 4.65. The molecule has 2 aromatic rings. The maximum atomic E-state index is 10.2. The number of pyridine rings is 1. The Morgan fingerprint density at radius 1 is 1.24 bits per heavy atom. The molecule has 0 saturated carbocycles. The lowest BCUT2D eigenvalue weighted by Crippen LogP contribution is -3.06. The molecule has 1 aromatic carbocycles. The minimum atomic E-state index is -0.178. The Kier molecular flexibility index (Phi) is 6.67. The van der Waals surface area contributed by atoms with Crippen LogP contribution in [0.15, 0.2) is 35.5 Å². The Hall–Kier alpha value is -2.24. The predicted octanol–water partition coefficient (Wildman–Crippen LogP) is 1.46. The highest BCUT2D eigenvalue weighted by atomic mass is 16.3. The fourth-order valence-corrected chi connectivity index (χ4v) is 2.78. The normalized spacial score (nSPS) is 12.9. The Bertz CT molecular complexity index is 724. The average molecular weight is 342 g/mol. The van der Waals surface area contributed by atoms with E-state index in [0.29, 0.717) is 23.4 Å². The molecule has 2 rings (SSSR count). The molecule has 0 fully saturated rings. The van der Waals surface area contributed by atoms with Crippen molar-refractivity contribution in [2.75, 3.05) is 20.6 Å². The summed E-state index contributed by atoms with van der Waals surface area (Å²) in [6, 6.07) is 8.89. The number of quaternary nitrogens is 1. The van der Waals surface area contributed by atoms with Crippen molar-refractivity contribution in [2.24, 2.45) is 4.99 Å². The third-order valence-corrected chi connectivity index (χ3v) is 4.52. The zero-order valence-corrected chi connectivity index (χ0v) is 15.5. The molecule has 0 aliphatic heterocycles. The SMILES string of the molecule is CCc1ccc([C@H](CN=Cc2c(CO)cnc(C)c2O)[NH+](C)C)cc1. The lowest BCUT2D eigenvalue weighted by Gasteiger charge is -2.20. The van der Waals surface area contributed by atoms with Gasteiger partial charge in [0.25, 0.3) is 0 Å². The monoisotopic (exact) mass is 342 g/mol. The van der Waals surface area contributed by atoms with E-state index in [-0.39, 0.29) is 18.4 Å². The summed E-state index contributed by atoms with van der Waals surface area (Å²) in [4.78, 5) is 9.91. The number of aliphatic hydroxyl groups excluding tert-OH is 1. The van der Waals surface area contributed by atoms with Crippen LogP contribution in [-0.4, -0.2) is 42.1 Å². The molecule has 0 saturated heterocycles. The maximum Gasteiger partial charge on any atom is 0.145 e. The van der Waals surface area contributed by atoms with E-state index in [9.17, 15) is 10.2 Å². The molecule has 1 atom stereocenters. The van der Waals surface area contributed by atoms with E-state index in [4.69, 9.17) is 0 Å². The molecule has 5 nitrogen and oxygen atoms in total. The zero-order valence-electron chi connectivity index (χ0n) is 15.5. The molecule has 3 N–H and O–H groups in total. The number of likely N-dealkylation sites (N-methyl/N-ethyl adjacent to an activating group) is 1. The Labute approximate surface area is 149 Å². The van der Waals surface area contributed by atoms with Gasteiger partial charge in [0.05, 0.1) is 32.9 Å². The van der Waals surface area contributed by atoms with Gasteiger partial charge in [-0.15, -0.1) is 0 Å². The van der Waals surface area contributed by atoms with Gasteiger partial charge in [-0.25, -0.2) is 0 Å². The van der Waals surface area contributed by atoms with Gasteiger partial charge in [0.1, 0.15) is 11.8 Å². The molecule has 0 amide bonds. The summed E-state index contributed by atoms with van der Waals surface area (Å²) in [6.07, 6.45) is 4.25. The van der Waals surface area contributed by atoms with Crippen molar-refractivity contribution in [1.29, 1.82) is 0 Å². The number of aromatic hydroxyl groups is 1. The van der Waals surface area contributed by atoms with Gasteiger partial charge in [0, 0.05) is 29.1 Å². The van der Waals surface area contributed by atoms with E-state index >= 15 is 0 Å². The number of aryl methyl sites for hydroxylation is 2. The van der Waals surface area contributed by atoms with E-state index in [1.54, 1.807) is 19.3 Å². The smallest absolute Gasteiger partial charge is 0.145 e. The third-order valence-electron chi connectivity index (χ3n) is 4.52. The van der Waals surface area contributed by atoms with Crippen molar-refractivity contribution in [3.05, 3.63) is 58.4 Å². The van der Waals surface area contributed by atoms with Crippen LogP contribution in [0.5, 0.6) is 5.75 Å². The summed E-state index contributed by atoms with van der Waals surface area (Å²) < 4.78 is 0. The van der Waals surface area contributed by atoms with E-state index in [0.717, 1.165) is 6.42 Å². The Morgan fingerprint density at radius 2 is 1.92 bits per heavy atom. The second kappa shape index (κ2) is 8.74. The minimum absolute atomic E-state index is 0.0800. The molecular formula is C20H28N3O2+. The molecule has 5 heteroatoms. The quantitative estimate of drug-likeness (QED) is 0.667. The van der Waals surface area contributed by atoms with Gasteiger partial charge in [-0.3, -0.25) is 9.98 Å². The van der Waals surface area contributed by atoms with E-state index in [1.807, 2.05) is 0 Å². The van der Waals surface area contributed by atoms with Crippen LogP contribution in [0.4, 0.5) is 0 Å². The molecule has 0 aliphatic carbocycles. The van der Waals surface area contributed by atoms with Crippen molar-refractivity contribution in [2.45, 2.75) is 32.9 Å². The Morgan fingerprint density at radius 3 is 2.48 bits per heavy atom. The van der Waals surface area contributed by atoms with Crippen LogP contribution in [0.25, 0.3) is 0 Å². The average Bonchev–Trinajstić information content (AvgIpc) is 2.62. The van der Waals surface area contributed by atoms with Gasteiger partial charge in [0.2, 0.25) is 0 Å². The number of benzene rings is 1. The maximum absolute atomic E-state index is 10.2. The summed E-state index contributed by atoms with van der Waals surface area (Å²) in [6.45, 7) is 4.30. The number of nitrogens with zero attached hydrogens (tertiary/aromatic N) is 2. The summed E-state index contributed by atoms with van der Waals surface area (Å²) in [5, 5.41) is 19.6. The fourth-order valence-electron chi connectivity index (χ4n) is 2.78. The van der Waals surface area contributed by atoms with Gasteiger partial charge in [-0.1, -0.05) is 31.2 Å². The first-order chi connectivity index (χ1) is 12.0. The van der Waals surface area contributed by atoms with Gasteiger partial charge >= 0.3 is 0 Å². The topological polar surface area (TPSA) is 70.2 Å². The van der Waals surface area contributed by atoms with Crippen molar-refractivity contribution in [3.63, 3.8) is 0 Å². The van der Waals surface area contributed by atoms with Crippen LogP contribution in [0.3, 0.4) is 0 Å². The fraction of sp³-hybridized carbons (Fsp3) is 0.400. The zero-order chi connectivity index (χ0) is 18.4. The lowest BCUT2D eigenvalue weighted by atomic mass is 10.0. The van der Waals surface area contributed by atoms with Crippen LogP contribution in [-0.2, 0) is 13.0 Å². The molecule has 1 heterocycles. The van der Waals surface area contributed by atoms with Crippen molar-refractivity contribution < 1.29 is 15.1 Å². The summed E-state index contributed by atoms with van der Waals surface area (Å²) in [5.74, 6) is 0.0800. The van der Waals surface area contributed by atoms with Crippen LogP contribution in [0.2, 0.25) is 0 Å². The first kappa shape index (κ1) is 19.1. The largest absolute Gasteiger partial charge is 0.505 e. The second-order valence-electron chi connectivity index (χ2n) is 6.51. The van der Waals surface area contributed by atoms with E-state index in [1.165, 1.54) is 16.0 Å². The molecular weight excluding hydrogens is 314 g/mol. The number of hydrogen-bond acceptors (Lipinski definition) is 4. The molecule has 0 unspecified atom stereocenters. The summed E-state index contributed by atoms with van der Waals surface area (Å²) >= 11 is 0. The molecule has 0 spiro atoms. The predicted molar refractivity (Wildman–Crippen MR) is 100 cm³/mol. The lowest BCUT2D eigenvalue weighted by molar-refractivity contribution is -0.890. The molecule has 0 bridgehead atoms. The van der Waals surface area contributed by atoms with Crippen LogP contribution >= 0.6 is 0 Å². The number of hydrogen-bond donors (Lipinski definition) is 3. The Balaban J connectivity index is 2.21. The minimum Gasteiger partial charge on any atom is -0.505 e. The molecule has 0 radical (unpaired) electrons. The number of rotatable bonds is 7. The molecule has 1 aromatic heterocycles. The number of aliphatic hydroxyl groups is 1. The number of aliphatic imine (C=N–C) groups is 1. The van der Waals surface area contributed by atoms with Gasteiger partial charge in [0.15, 0.2) is 0 Å². The standard InChI is InChI=1S/C20H27N3O2/c1-5-15-6-8-16(9-7-15)19(23(3)4)12-21-11-18-17(13-24)10-22-14(2)20(18)25/h6-11,19,24-25H,5,12-13H2,1-4H3/p+1/t19-/m0/s1. The van der Waals surface area contributed by atoms with Crippen molar-refractivity contribution >= 4 is 6.21 Å². The summed E-state index contributed by atoms with van der Waals surface area (Å²) in [5.41, 5.74) is 4.22. The van der Waals surface area contributed by atoms with Crippen LogP contribution in [0, 0.1) is 6.92 Å². The molecule has 134 valence electrons. The number of aromatic nitrogens is 1. The first-order valence-corrected chi connectivity index (χ1v) is 8.64. The van der Waals surface area contributed by atoms with Gasteiger partial charge in [-0.2, -0.15) is 0 Å². The second-order valence-corrected chi connectivity index (χ2v) is 6.51. The molecule has 25 heavy (non-hydrogen) atoms. The highest BCUT2D eigenvalue weighted by Crippen LogP contribution is 2.22. The van der Waals surface area contributed by atoms with Crippen molar-refractivity contribution in [3.8, 4) is 5.75 Å². The van der Waals surface area contributed by atoms with Crippen molar-refractivity contribution in [1.82, 2.24) is 4.98 Å². The van der Waals surface area contributed by atoms with E-state index in [2.05, 4.69) is 55.3 Å². The van der Waals surface area contributed by atoms with Crippen LogP contribution in [0.1, 0.15) is 40.9 Å². The van der Waals surface area contributed by atoms with Crippen LogP contribution < -0.4 is 4.90 Å². The summed E-state index contributed by atoms with van der Waals surface area (Å²) in [7, 11) is 4.22. The van der Waals surface area contributed by atoms with Gasteiger partial charge < -0.3 is 15.1 Å². The highest BCUT2D eigenvalue weighted by molar-refractivity contribution is 5.85. The first-order valence-electron chi connectivity index (χ1n) is 8.64. The molecule has 0 aliphatic rings. The van der Waals surface area contributed by atoms with Gasteiger partial charge in [-0.05, 0) is 18.9 Å². The highest BCUT2D eigenvalue weighted by Gasteiger charge is 2.17.